The van der Waals surface area contributed by atoms with Gasteiger partial charge in [-0.3, -0.25) is 19.3 Å². The Morgan fingerprint density at radius 1 is 1.24 bits per heavy atom. The van der Waals surface area contributed by atoms with E-state index < -0.39 is 41.7 Å². The third kappa shape index (κ3) is 3.89. The number of carboxylic acids is 1. The maximum absolute atomic E-state index is 12.2. The van der Waals surface area contributed by atoms with Gasteiger partial charge in [-0.2, -0.15) is 0 Å². The SMILES string of the molecule is CC(N)C(=O)N(C=O)C(C=O)(C(=O)O)C(CC(N)=O)c1ccccc1. The van der Waals surface area contributed by atoms with Gasteiger partial charge in [0.15, 0.2) is 6.29 Å². The minimum atomic E-state index is -2.66. The Morgan fingerprint density at radius 3 is 2.16 bits per heavy atom. The van der Waals surface area contributed by atoms with Crippen LogP contribution >= 0.6 is 0 Å². The van der Waals surface area contributed by atoms with Crippen LogP contribution in [0.4, 0.5) is 0 Å². The van der Waals surface area contributed by atoms with Crippen LogP contribution in [0.15, 0.2) is 30.3 Å². The molecule has 0 aliphatic heterocycles. The van der Waals surface area contributed by atoms with E-state index in [0.29, 0.717) is 0 Å². The van der Waals surface area contributed by atoms with E-state index in [0.717, 1.165) is 0 Å². The number of carbonyl (C=O) groups is 5. The van der Waals surface area contributed by atoms with E-state index in [9.17, 15) is 29.1 Å². The molecule has 1 rings (SSSR count). The number of aliphatic carboxylic acids is 1. The van der Waals surface area contributed by atoms with Gasteiger partial charge in [0.2, 0.25) is 23.8 Å². The summed E-state index contributed by atoms with van der Waals surface area (Å²) < 4.78 is 0. The number of amides is 3. The molecule has 3 atom stereocenters. The highest BCUT2D eigenvalue weighted by atomic mass is 16.4. The Bertz CT molecular complexity index is 676. The number of aldehydes is 1. The Labute approximate surface area is 143 Å². The molecule has 1 aromatic carbocycles. The summed E-state index contributed by atoms with van der Waals surface area (Å²) in [7, 11) is 0. The molecule has 134 valence electrons. The van der Waals surface area contributed by atoms with Gasteiger partial charge in [-0.1, -0.05) is 30.3 Å². The Morgan fingerprint density at radius 2 is 1.80 bits per heavy atom. The number of carbonyl (C=O) groups excluding carboxylic acids is 4. The highest BCUT2D eigenvalue weighted by molar-refractivity contribution is 6.07. The van der Waals surface area contributed by atoms with Gasteiger partial charge >= 0.3 is 5.97 Å². The quantitative estimate of drug-likeness (QED) is 0.380. The lowest BCUT2D eigenvalue weighted by Gasteiger charge is -2.39. The van der Waals surface area contributed by atoms with E-state index in [1.54, 1.807) is 18.2 Å². The van der Waals surface area contributed by atoms with E-state index in [-0.39, 0.29) is 23.2 Å². The van der Waals surface area contributed by atoms with Crippen molar-refractivity contribution in [1.29, 1.82) is 0 Å². The lowest BCUT2D eigenvalue weighted by molar-refractivity contribution is -0.166. The second-order valence-corrected chi connectivity index (χ2v) is 5.48. The summed E-state index contributed by atoms with van der Waals surface area (Å²) in [4.78, 5) is 59.3. The Hall–Kier alpha value is -3.07. The summed E-state index contributed by atoms with van der Waals surface area (Å²) in [5, 5.41) is 9.72. The minimum Gasteiger partial charge on any atom is -0.479 e. The number of primary amides is 1. The van der Waals surface area contributed by atoms with Crippen molar-refractivity contribution in [1.82, 2.24) is 4.90 Å². The van der Waals surface area contributed by atoms with Crippen LogP contribution < -0.4 is 11.5 Å². The molecule has 0 aliphatic rings. The van der Waals surface area contributed by atoms with Crippen molar-refractivity contribution in [2.24, 2.45) is 11.5 Å². The van der Waals surface area contributed by atoms with Gasteiger partial charge in [0.25, 0.3) is 0 Å². The number of hydrogen-bond donors (Lipinski definition) is 3. The predicted molar refractivity (Wildman–Crippen MR) is 86.0 cm³/mol. The van der Waals surface area contributed by atoms with Gasteiger partial charge in [-0.15, -0.1) is 0 Å². The molecule has 9 nitrogen and oxygen atoms in total. The zero-order valence-corrected chi connectivity index (χ0v) is 13.5. The molecule has 0 heterocycles. The van der Waals surface area contributed by atoms with Crippen molar-refractivity contribution in [3.8, 4) is 0 Å². The summed E-state index contributed by atoms with van der Waals surface area (Å²) in [6.45, 7) is 1.24. The molecule has 0 saturated heterocycles. The standard InChI is InChI=1S/C16H19N3O6/c1-10(17)14(23)19(9-21)16(8-20,15(24)25)12(7-13(18)22)11-5-3-2-4-6-11/h2-6,8-10,12H,7,17H2,1H3,(H2,18,22)(H,24,25). The normalized spacial score (nSPS) is 15.3. The van der Waals surface area contributed by atoms with Gasteiger partial charge < -0.3 is 21.4 Å². The fourth-order valence-corrected chi connectivity index (χ4v) is 2.56. The van der Waals surface area contributed by atoms with Crippen molar-refractivity contribution in [3.63, 3.8) is 0 Å². The van der Waals surface area contributed by atoms with Gasteiger partial charge in [0.05, 0.1) is 6.04 Å². The summed E-state index contributed by atoms with van der Waals surface area (Å²) in [6, 6.07) is 6.44. The first kappa shape index (κ1) is 20.0. The van der Waals surface area contributed by atoms with Crippen LogP contribution in [-0.2, 0) is 24.0 Å². The lowest BCUT2D eigenvalue weighted by atomic mass is 9.76. The average Bonchev–Trinajstić information content (AvgIpc) is 2.57. The molecule has 0 saturated carbocycles. The first-order valence-electron chi connectivity index (χ1n) is 7.29. The summed E-state index contributed by atoms with van der Waals surface area (Å²) >= 11 is 0. The zero-order valence-electron chi connectivity index (χ0n) is 13.5. The monoisotopic (exact) mass is 349 g/mol. The molecular weight excluding hydrogens is 330 g/mol. The van der Waals surface area contributed by atoms with E-state index in [4.69, 9.17) is 11.5 Å². The molecule has 25 heavy (non-hydrogen) atoms. The van der Waals surface area contributed by atoms with Crippen molar-refractivity contribution in [2.75, 3.05) is 0 Å². The van der Waals surface area contributed by atoms with Crippen LogP contribution in [-0.4, -0.2) is 52.1 Å². The first-order chi connectivity index (χ1) is 11.7. The number of benzene rings is 1. The average molecular weight is 349 g/mol. The largest absolute Gasteiger partial charge is 0.479 e. The van der Waals surface area contributed by atoms with Gasteiger partial charge in [0.1, 0.15) is 0 Å². The molecule has 3 amide bonds. The Balaban J connectivity index is 3.69. The number of hydrogen-bond acceptors (Lipinski definition) is 6. The third-order valence-corrected chi connectivity index (χ3v) is 3.79. The molecule has 1 aromatic rings. The highest BCUT2D eigenvalue weighted by Gasteiger charge is 2.54. The molecule has 0 aromatic heterocycles. The number of nitrogens with zero attached hydrogens (tertiary/aromatic N) is 1. The maximum Gasteiger partial charge on any atom is 0.338 e. The summed E-state index contributed by atoms with van der Waals surface area (Å²) in [5.41, 5.74) is 8.24. The number of imide groups is 1. The van der Waals surface area contributed by atoms with Crippen molar-refractivity contribution in [3.05, 3.63) is 35.9 Å². The van der Waals surface area contributed by atoms with Crippen LogP contribution in [0, 0.1) is 0 Å². The predicted octanol–water partition coefficient (Wildman–Crippen LogP) is -1.000. The minimum absolute atomic E-state index is 0.0510. The van der Waals surface area contributed by atoms with E-state index >= 15 is 0 Å². The molecule has 5 N–H and O–H groups in total. The van der Waals surface area contributed by atoms with Gasteiger partial charge in [-0.05, 0) is 12.5 Å². The molecule has 0 fully saturated rings. The van der Waals surface area contributed by atoms with E-state index in [2.05, 4.69) is 0 Å². The van der Waals surface area contributed by atoms with Crippen LogP contribution in [0.25, 0.3) is 0 Å². The fourth-order valence-electron chi connectivity index (χ4n) is 2.56. The zero-order chi connectivity index (χ0) is 19.2. The maximum atomic E-state index is 12.2. The molecule has 0 spiro atoms. The van der Waals surface area contributed by atoms with Gasteiger partial charge in [0, 0.05) is 12.3 Å². The molecule has 0 aliphatic carbocycles. The third-order valence-electron chi connectivity index (χ3n) is 3.79. The van der Waals surface area contributed by atoms with E-state index in [1.165, 1.54) is 19.1 Å². The van der Waals surface area contributed by atoms with Crippen LogP contribution in [0.2, 0.25) is 0 Å². The summed E-state index contributed by atoms with van der Waals surface area (Å²) in [6.07, 6.45) is -0.707. The molecule has 0 radical (unpaired) electrons. The second-order valence-electron chi connectivity index (χ2n) is 5.48. The second kappa shape index (κ2) is 8.15. The number of rotatable bonds is 9. The smallest absolute Gasteiger partial charge is 0.338 e. The summed E-state index contributed by atoms with van der Waals surface area (Å²) in [5.74, 6) is -5.14. The van der Waals surface area contributed by atoms with Crippen LogP contribution in [0.1, 0.15) is 24.8 Å². The van der Waals surface area contributed by atoms with Crippen molar-refractivity contribution in [2.45, 2.75) is 30.8 Å². The molecule has 9 heteroatoms. The number of carboxylic acid groups (broad SMARTS) is 1. The number of nitrogens with two attached hydrogens (primary N) is 2. The molecule has 3 unspecified atom stereocenters. The topological polar surface area (TPSA) is 161 Å². The lowest BCUT2D eigenvalue weighted by Crippen LogP contribution is -2.64. The highest BCUT2D eigenvalue weighted by Crippen LogP contribution is 2.35. The molecule has 0 bridgehead atoms. The van der Waals surface area contributed by atoms with Crippen LogP contribution in [0.3, 0.4) is 0 Å². The van der Waals surface area contributed by atoms with Crippen molar-refractivity contribution >= 4 is 30.5 Å². The van der Waals surface area contributed by atoms with E-state index in [1.807, 2.05) is 0 Å². The molecular formula is C16H19N3O6. The first-order valence-corrected chi connectivity index (χ1v) is 7.29. The van der Waals surface area contributed by atoms with Crippen LogP contribution in [0.5, 0.6) is 0 Å². The van der Waals surface area contributed by atoms with Crippen molar-refractivity contribution < 1.29 is 29.1 Å². The fraction of sp³-hybridized carbons (Fsp3) is 0.312. The Kier molecular flexibility index (Phi) is 6.52. The van der Waals surface area contributed by atoms with Gasteiger partial charge in [-0.25, -0.2) is 4.79 Å².